The lowest BCUT2D eigenvalue weighted by Gasteiger charge is -2.30. The summed E-state index contributed by atoms with van der Waals surface area (Å²) in [5.74, 6) is -0.0217. The first-order chi connectivity index (χ1) is 10.0. The Bertz CT molecular complexity index is 464. The van der Waals surface area contributed by atoms with Gasteiger partial charge in [0.05, 0.1) is 0 Å². The fourth-order valence-corrected chi connectivity index (χ4v) is 3.28. The molecule has 0 heterocycles. The first-order valence-electron chi connectivity index (χ1n) is 8.15. The summed E-state index contributed by atoms with van der Waals surface area (Å²) in [6.45, 7) is 4.40. The van der Waals surface area contributed by atoms with Crippen LogP contribution in [0.2, 0.25) is 0 Å². The smallest absolute Gasteiger partial charge is 0.220 e. The number of primary amides is 1. The molecule has 1 atom stereocenters. The van der Waals surface area contributed by atoms with Gasteiger partial charge in [-0.15, -0.1) is 0 Å². The molecule has 0 radical (unpaired) electrons. The van der Waals surface area contributed by atoms with Crippen molar-refractivity contribution in [3.8, 4) is 0 Å². The molecule has 3 nitrogen and oxygen atoms in total. The summed E-state index contributed by atoms with van der Waals surface area (Å²) in [7, 11) is 0. The predicted molar refractivity (Wildman–Crippen MR) is 87.0 cm³/mol. The molecule has 2 rings (SSSR count). The molecule has 3 heteroatoms. The second-order valence-electron chi connectivity index (χ2n) is 6.55. The third-order valence-corrected chi connectivity index (χ3v) is 4.60. The van der Waals surface area contributed by atoms with Crippen LogP contribution in [0.4, 0.5) is 0 Å². The van der Waals surface area contributed by atoms with Crippen LogP contribution in [0.1, 0.15) is 50.2 Å². The van der Waals surface area contributed by atoms with Crippen molar-refractivity contribution >= 4 is 5.91 Å². The van der Waals surface area contributed by atoms with Gasteiger partial charge in [0, 0.05) is 18.0 Å². The quantitative estimate of drug-likeness (QED) is 0.845. The van der Waals surface area contributed by atoms with Gasteiger partial charge in [-0.3, -0.25) is 4.79 Å². The van der Waals surface area contributed by atoms with Crippen molar-refractivity contribution in [3.05, 3.63) is 35.4 Å². The van der Waals surface area contributed by atoms with E-state index in [2.05, 4.69) is 43.4 Å². The average Bonchev–Trinajstić information content (AvgIpc) is 2.46. The van der Waals surface area contributed by atoms with Crippen molar-refractivity contribution in [1.29, 1.82) is 0 Å². The third kappa shape index (κ3) is 5.16. The first kappa shape index (κ1) is 16.0. The van der Waals surface area contributed by atoms with Crippen LogP contribution in [0, 0.1) is 12.8 Å². The Hall–Kier alpha value is -1.35. The second-order valence-corrected chi connectivity index (χ2v) is 6.55. The van der Waals surface area contributed by atoms with Gasteiger partial charge in [-0.05, 0) is 57.9 Å². The maximum Gasteiger partial charge on any atom is 0.220 e. The lowest BCUT2D eigenvalue weighted by molar-refractivity contribution is -0.122. The highest BCUT2D eigenvalue weighted by molar-refractivity contribution is 5.76. The molecule has 0 saturated heterocycles. The maximum atomic E-state index is 11.2. The number of nitrogens with two attached hydrogens (primary N) is 1. The van der Waals surface area contributed by atoms with Crippen molar-refractivity contribution in [2.24, 2.45) is 11.7 Å². The van der Waals surface area contributed by atoms with E-state index in [4.69, 9.17) is 5.73 Å². The highest BCUT2D eigenvalue weighted by Gasteiger charge is 2.25. The summed E-state index contributed by atoms with van der Waals surface area (Å²) < 4.78 is 0. The number of carbonyl (C=O) groups excluding carboxylic acids is 1. The van der Waals surface area contributed by atoms with Crippen molar-refractivity contribution in [2.45, 2.75) is 64.5 Å². The first-order valence-corrected chi connectivity index (χ1v) is 8.15. The van der Waals surface area contributed by atoms with Crippen LogP contribution in [-0.4, -0.2) is 18.0 Å². The van der Waals surface area contributed by atoms with Gasteiger partial charge in [-0.1, -0.05) is 29.8 Å². The van der Waals surface area contributed by atoms with E-state index in [9.17, 15) is 4.79 Å². The number of carbonyl (C=O) groups is 1. The lowest BCUT2D eigenvalue weighted by Crippen LogP contribution is -2.41. The molecule has 0 bridgehead atoms. The van der Waals surface area contributed by atoms with Gasteiger partial charge < -0.3 is 11.1 Å². The highest BCUT2D eigenvalue weighted by Crippen LogP contribution is 2.24. The number of hydrogen-bond donors (Lipinski definition) is 2. The van der Waals surface area contributed by atoms with E-state index in [1.165, 1.54) is 11.1 Å². The summed E-state index contributed by atoms with van der Waals surface area (Å²) in [6, 6.07) is 9.81. The van der Waals surface area contributed by atoms with E-state index >= 15 is 0 Å². The highest BCUT2D eigenvalue weighted by atomic mass is 16.1. The van der Waals surface area contributed by atoms with Gasteiger partial charge in [0.25, 0.3) is 0 Å². The molecule has 1 saturated carbocycles. The average molecular weight is 288 g/mol. The molecule has 3 N–H and O–H groups in total. The number of aryl methyl sites for hydroxylation is 2. The van der Waals surface area contributed by atoms with Gasteiger partial charge >= 0.3 is 0 Å². The van der Waals surface area contributed by atoms with E-state index < -0.39 is 0 Å². The van der Waals surface area contributed by atoms with Crippen LogP contribution in [0.25, 0.3) is 0 Å². The molecular formula is C18H28N2O. The molecule has 1 aliphatic rings. The molecule has 116 valence electrons. The molecule has 1 fully saturated rings. The fraction of sp³-hybridized carbons (Fsp3) is 0.611. The molecule has 0 spiro atoms. The van der Waals surface area contributed by atoms with E-state index in [0.717, 1.165) is 38.5 Å². The van der Waals surface area contributed by atoms with Crippen molar-refractivity contribution < 1.29 is 4.79 Å². The largest absolute Gasteiger partial charge is 0.369 e. The molecule has 1 aromatic carbocycles. The summed E-state index contributed by atoms with van der Waals surface area (Å²) in [5, 5.41) is 3.71. The fourth-order valence-electron chi connectivity index (χ4n) is 3.28. The topological polar surface area (TPSA) is 55.1 Å². The number of hydrogen-bond acceptors (Lipinski definition) is 2. The van der Waals surface area contributed by atoms with E-state index in [1.807, 2.05) is 0 Å². The maximum absolute atomic E-state index is 11.2. The van der Waals surface area contributed by atoms with Crippen LogP contribution >= 0.6 is 0 Å². The van der Waals surface area contributed by atoms with Crippen molar-refractivity contribution in [2.75, 3.05) is 0 Å². The summed E-state index contributed by atoms with van der Waals surface area (Å²) in [5.41, 5.74) is 8.13. The minimum atomic E-state index is -0.124. The molecule has 1 aromatic rings. The van der Waals surface area contributed by atoms with Crippen LogP contribution in [0.3, 0.4) is 0 Å². The molecule has 0 aliphatic heterocycles. The minimum Gasteiger partial charge on any atom is -0.369 e. The Labute approximate surface area is 128 Å². The SMILES string of the molecule is Cc1cccc(CCC(C)NC2CCC(C(N)=O)CC2)c1. The van der Waals surface area contributed by atoms with Gasteiger partial charge in [0.1, 0.15) is 0 Å². The van der Waals surface area contributed by atoms with Crippen molar-refractivity contribution in [3.63, 3.8) is 0 Å². The van der Waals surface area contributed by atoms with Gasteiger partial charge in [0.2, 0.25) is 5.91 Å². The normalized spacial score (nSPS) is 23.7. The standard InChI is InChI=1S/C18H28N2O/c1-13-4-3-5-15(12-13)7-6-14(2)20-17-10-8-16(9-11-17)18(19)21/h3-5,12,14,16-17,20H,6-11H2,1-2H3,(H2,19,21). The van der Waals surface area contributed by atoms with Crippen LogP contribution in [0.15, 0.2) is 24.3 Å². The zero-order chi connectivity index (χ0) is 15.2. The Kier molecular flexibility index (Phi) is 5.80. The minimum absolute atomic E-state index is 0.102. The molecule has 1 unspecified atom stereocenters. The summed E-state index contributed by atoms with van der Waals surface area (Å²) in [4.78, 5) is 11.2. The number of rotatable bonds is 6. The molecule has 1 aliphatic carbocycles. The summed E-state index contributed by atoms with van der Waals surface area (Å²) in [6.07, 6.45) is 6.30. The van der Waals surface area contributed by atoms with Gasteiger partial charge in [-0.25, -0.2) is 0 Å². The molecule has 1 amide bonds. The van der Waals surface area contributed by atoms with E-state index in [1.54, 1.807) is 0 Å². The third-order valence-electron chi connectivity index (χ3n) is 4.60. The zero-order valence-electron chi connectivity index (χ0n) is 13.3. The second kappa shape index (κ2) is 7.60. The van der Waals surface area contributed by atoms with Gasteiger partial charge in [-0.2, -0.15) is 0 Å². The molecule has 0 aromatic heterocycles. The number of amides is 1. The number of benzene rings is 1. The molecular weight excluding hydrogens is 260 g/mol. The lowest BCUT2D eigenvalue weighted by atomic mass is 9.85. The van der Waals surface area contributed by atoms with Crippen LogP contribution in [0.5, 0.6) is 0 Å². The Morgan fingerprint density at radius 1 is 1.33 bits per heavy atom. The zero-order valence-corrected chi connectivity index (χ0v) is 13.3. The monoisotopic (exact) mass is 288 g/mol. The number of nitrogens with one attached hydrogen (secondary N) is 1. The summed E-state index contributed by atoms with van der Waals surface area (Å²) >= 11 is 0. The van der Waals surface area contributed by atoms with E-state index in [0.29, 0.717) is 12.1 Å². The Morgan fingerprint density at radius 3 is 2.67 bits per heavy atom. The van der Waals surface area contributed by atoms with Crippen LogP contribution in [-0.2, 0) is 11.2 Å². The van der Waals surface area contributed by atoms with Gasteiger partial charge in [0.15, 0.2) is 0 Å². The van der Waals surface area contributed by atoms with Crippen molar-refractivity contribution in [1.82, 2.24) is 5.32 Å². The predicted octanol–water partition coefficient (Wildman–Crippen LogP) is 2.95. The molecule has 21 heavy (non-hydrogen) atoms. The van der Waals surface area contributed by atoms with E-state index in [-0.39, 0.29) is 11.8 Å². The Morgan fingerprint density at radius 2 is 2.05 bits per heavy atom. The van der Waals surface area contributed by atoms with Crippen LogP contribution < -0.4 is 11.1 Å². The Balaban J connectivity index is 1.70.